The first kappa shape index (κ1) is 14.0. The number of aromatic nitrogens is 6. The van der Waals surface area contributed by atoms with Gasteiger partial charge in [0.15, 0.2) is 5.16 Å². The van der Waals surface area contributed by atoms with Gasteiger partial charge in [0, 0.05) is 11.9 Å². The number of imidazole rings is 1. The lowest BCUT2D eigenvalue weighted by Crippen LogP contribution is -1.97. The Hall–Kier alpha value is -2.61. The molecule has 0 spiro atoms. The number of H-pyrrole nitrogens is 2. The lowest BCUT2D eigenvalue weighted by Gasteiger charge is -2.03. The van der Waals surface area contributed by atoms with Gasteiger partial charge in [0.2, 0.25) is 0 Å². The largest absolute Gasteiger partial charge is 0.383 e. The molecule has 0 aromatic carbocycles. The Kier molecular flexibility index (Phi) is 3.19. The average molecular weight is 325 g/mol. The third-order valence-corrected chi connectivity index (χ3v) is 4.72. The second-order valence-corrected chi connectivity index (χ2v) is 6.17. The fourth-order valence-electron chi connectivity index (χ4n) is 2.71. The van der Waals surface area contributed by atoms with E-state index < -0.39 is 0 Å². The molecule has 4 aromatic heterocycles. The van der Waals surface area contributed by atoms with E-state index in [1.165, 1.54) is 11.8 Å². The van der Waals surface area contributed by atoms with Crippen LogP contribution in [0.4, 0.5) is 5.82 Å². The number of fused-ring (bicyclic) bond motifs is 2. The number of pyridine rings is 1. The normalized spacial score (nSPS) is 11.6. The van der Waals surface area contributed by atoms with Crippen LogP contribution in [0.25, 0.3) is 22.1 Å². The number of nitrogen functional groups attached to an aromatic ring is 1. The number of nitrogens with two attached hydrogens (primary N) is 1. The molecule has 0 bridgehead atoms. The van der Waals surface area contributed by atoms with E-state index in [-0.39, 0.29) is 0 Å². The Morgan fingerprint density at radius 1 is 1.26 bits per heavy atom. The van der Waals surface area contributed by atoms with Gasteiger partial charge in [-0.25, -0.2) is 19.9 Å². The molecule has 0 fully saturated rings. The first-order chi connectivity index (χ1) is 11.2. The zero-order valence-electron chi connectivity index (χ0n) is 12.7. The first-order valence-electron chi connectivity index (χ1n) is 7.28. The molecule has 4 N–H and O–H groups in total. The summed E-state index contributed by atoms with van der Waals surface area (Å²) in [6.45, 7) is 4.13. The molecular weight excluding hydrogens is 310 g/mol. The van der Waals surface area contributed by atoms with Gasteiger partial charge in [0.1, 0.15) is 22.0 Å². The van der Waals surface area contributed by atoms with Crippen molar-refractivity contribution in [3.05, 3.63) is 29.8 Å². The van der Waals surface area contributed by atoms with Crippen LogP contribution in [-0.4, -0.2) is 29.9 Å². The minimum atomic E-state index is 0.486. The molecule has 0 aliphatic carbocycles. The van der Waals surface area contributed by atoms with Gasteiger partial charge in [0.05, 0.1) is 17.2 Å². The van der Waals surface area contributed by atoms with Crippen LogP contribution in [0.1, 0.15) is 18.2 Å². The molecule has 0 radical (unpaired) electrons. The number of aromatic amines is 2. The topological polar surface area (TPSA) is 109 Å². The second kappa shape index (κ2) is 5.24. The molecule has 0 unspecified atom stereocenters. The van der Waals surface area contributed by atoms with Crippen molar-refractivity contribution in [2.45, 2.75) is 30.5 Å². The van der Waals surface area contributed by atoms with Gasteiger partial charge in [0.25, 0.3) is 0 Å². The predicted octanol–water partition coefficient (Wildman–Crippen LogP) is 2.83. The molecule has 0 atom stereocenters. The molecule has 7 nitrogen and oxygen atoms in total. The maximum Gasteiger partial charge on any atom is 0.197 e. The average Bonchev–Trinajstić information content (AvgIpc) is 3.12. The monoisotopic (exact) mass is 325 g/mol. The van der Waals surface area contributed by atoms with Gasteiger partial charge in [-0.15, -0.1) is 0 Å². The SMILES string of the molecule is CCc1[nH]c2nc(Sc3nccc4[nH]cnc34)nc(N)c2c1C. The summed E-state index contributed by atoms with van der Waals surface area (Å²) in [4.78, 5) is 24.1. The van der Waals surface area contributed by atoms with Crippen LogP contribution < -0.4 is 5.73 Å². The summed E-state index contributed by atoms with van der Waals surface area (Å²) in [5.74, 6) is 0.486. The number of hydrogen-bond acceptors (Lipinski definition) is 6. The van der Waals surface area contributed by atoms with E-state index in [9.17, 15) is 0 Å². The van der Waals surface area contributed by atoms with Crippen LogP contribution in [0.5, 0.6) is 0 Å². The minimum Gasteiger partial charge on any atom is -0.383 e. The first-order valence-corrected chi connectivity index (χ1v) is 8.09. The molecule has 0 aliphatic rings. The fraction of sp³-hybridized carbons (Fsp3) is 0.200. The van der Waals surface area contributed by atoms with E-state index in [2.05, 4.69) is 36.8 Å². The van der Waals surface area contributed by atoms with Crippen LogP contribution in [0, 0.1) is 6.92 Å². The molecule has 0 aliphatic heterocycles. The van der Waals surface area contributed by atoms with Crippen LogP contribution in [0.2, 0.25) is 0 Å². The van der Waals surface area contributed by atoms with Crippen molar-refractivity contribution in [1.82, 2.24) is 29.9 Å². The van der Waals surface area contributed by atoms with Gasteiger partial charge < -0.3 is 15.7 Å². The van der Waals surface area contributed by atoms with Crippen molar-refractivity contribution in [2.75, 3.05) is 5.73 Å². The third kappa shape index (κ3) is 2.22. The van der Waals surface area contributed by atoms with Gasteiger partial charge in [-0.2, -0.15) is 0 Å². The number of aryl methyl sites for hydroxylation is 2. The van der Waals surface area contributed by atoms with Crippen molar-refractivity contribution in [2.24, 2.45) is 0 Å². The Labute approximate surface area is 136 Å². The Morgan fingerprint density at radius 3 is 2.96 bits per heavy atom. The molecule has 4 aromatic rings. The maximum atomic E-state index is 6.15. The van der Waals surface area contributed by atoms with E-state index in [4.69, 9.17) is 5.73 Å². The Morgan fingerprint density at radius 2 is 2.13 bits per heavy atom. The van der Waals surface area contributed by atoms with E-state index in [0.29, 0.717) is 11.0 Å². The zero-order chi connectivity index (χ0) is 16.0. The predicted molar refractivity (Wildman–Crippen MR) is 90.4 cm³/mol. The van der Waals surface area contributed by atoms with E-state index in [1.807, 2.05) is 13.0 Å². The van der Waals surface area contributed by atoms with Gasteiger partial charge in [-0.1, -0.05) is 6.92 Å². The molecule has 0 saturated heterocycles. The lowest BCUT2D eigenvalue weighted by atomic mass is 10.2. The van der Waals surface area contributed by atoms with Crippen molar-refractivity contribution in [1.29, 1.82) is 0 Å². The highest BCUT2D eigenvalue weighted by Gasteiger charge is 2.15. The smallest absolute Gasteiger partial charge is 0.197 e. The standard InChI is InChI=1S/C15H15N7S/c1-3-8-7(2)10-12(16)21-15(22-13(10)20-8)23-14-11-9(4-5-17-14)18-6-19-11/h4-6H,3H2,1-2H3,(H,18,19)(H3,16,20,21,22). The van der Waals surface area contributed by atoms with E-state index >= 15 is 0 Å². The quantitative estimate of drug-likeness (QED) is 0.500. The second-order valence-electron chi connectivity index (χ2n) is 5.21. The number of nitrogens with zero attached hydrogens (tertiary/aromatic N) is 4. The molecule has 23 heavy (non-hydrogen) atoms. The molecule has 4 rings (SSSR count). The third-order valence-electron chi connectivity index (χ3n) is 3.86. The van der Waals surface area contributed by atoms with Crippen LogP contribution in [0.15, 0.2) is 28.8 Å². The molecular formula is C15H15N7S. The Balaban J connectivity index is 1.82. The van der Waals surface area contributed by atoms with Gasteiger partial charge in [-0.3, -0.25) is 0 Å². The minimum absolute atomic E-state index is 0.486. The molecule has 0 saturated carbocycles. The highest BCUT2D eigenvalue weighted by atomic mass is 32.2. The molecule has 8 heteroatoms. The van der Waals surface area contributed by atoms with Crippen molar-refractivity contribution in [3.8, 4) is 0 Å². The fourth-order valence-corrected chi connectivity index (χ4v) is 3.53. The summed E-state index contributed by atoms with van der Waals surface area (Å²) < 4.78 is 0. The summed E-state index contributed by atoms with van der Waals surface area (Å²) in [6.07, 6.45) is 4.29. The van der Waals surface area contributed by atoms with E-state index in [1.54, 1.807) is 12.5 Å². The summed E-state index contributed by atoms with van der Waals surface area (Å²) >= 11 is 1.36. The van der Waals surface area contributed by atoms with Crippen molar-refractivity contribution >= 4 is 39.6 Å². The number of nitrogens with one attached hydrogen (secondary N) is 2. The highest BCUT2D eigenvalue weighted by Crippen LogP contribution is 2.32. The Bertz CT molecular complexity index is 1020. The van der Waals surface area contributed by atoms with Crippen molar-refractivity contribution in [3.63, 3.8) is 0 Å². The summed E-state index contributed by atoms with van der Waals surface area (Å²) in [7, 11) is 0. The maximum absolute atomic E-state index is 6.15. The summed E-state index contributed by atoms with van der Waals surface area (Å²) in [6, 6.07) is 1.88. The van der Waals surface area contributed by atoms with Gasteiger partial charge in [-0.05, 0) is 36.7 Å². The van der Waals surface area contributed by atoms with Crippen LogP contribution in [-0.2, 0) is 6.42 Å². The lowest BCUT2D eigenvalue weighted by molar-refractivity contribution is 0.986. The van der Waals surface area contributed by atoms with Crippen LogP contribution in [0.3, 0.4) is 0 Å². The summed E-state index contributed by atoms with van der Waals surface area (Å²) in [5, 5.41) is 2.21. The highest BCUT2D eigenvalue weighted by molar-refractivity contribution is 7.99. The molecule has 0 amide bonds. The zero-order valence-corrected chi connectivity index (χ0v) is 13.5. The summed E-state index contributed by atoms with van der Waals surface area (Å²) in [5.41, 5.74) is 10.9. The number of hydrogen-bond donors (Lipinski definition) is 3. The number of anilines is 1. The van der Waals surface area contributed by atoms with Crippen molar-refractivity contribution < 1.29 is 0 Å². The van der Waals surface area contributed by atoms with Crippen LogP contribution >= 0.6 is 11.8 Å². The molecule has 4 heterocycles. The van der Waals surface area contributed by atoms with Gasteiger partial charge >= 0.3 is 0 Å². The van der Waals surface area contributed by atoms with E-state index in [0.717, 1.165) is 44.8 Å². The number of rotatable bonds is 3. The molecule has 116 valence electrons.